The molecule has 0 spiro atoms. The minimum absolute atomic E-state index is 0.0118. The maximum atomic E-state index is 14.1. The molecule has 1 aliphatic rings. The van der Waals surface area contributed by atoms with Crippen LogP contribution < -0.4 is 19.7 Å². The Morgan fingerprint density at radius 1 is 0.780 bits per heavy atom. The number of nitrogens with zero attached hydrogens (tertiary/aromatic N) is 2. The van der Waals surface area contributed by atoms with Crippen LogP contribution in [-0.2, 0) is 21.6 Å². The number of benzene rings is 5. The number of amides is 2. The first-order valence-electron chi connectivity index (χ1n) is 19.2. The van der Waals surface area contributed by atoms with Crippen LogP contribution in [0.3, 0.4) is 0 Å². The van der Waals surface area contributed by atoms with Gasteiger partial charge in [-0.3, -0.25) is 9.59 Å². The van der Waals surface area contributed by atoms with Gasteiger partial charge in [0, 0.05) is 65.9 Å². The molecule has 0 radical (unpaired) electrons. The summed E-state index contributed by atoms with van der Waals surface area (Å²) in [6.45, 7) is 11.0. The van der Waals surface area contributed by atoms with Crippen molar-refractivity contribution >= 4 is 45.0 Å². The Labute approximate surface area is 348 Å². The van der Waals surface area contributed by atoms with E-state index in [9.17, 15) is 31.2 Å². The monoisotopic (exact) mass is 844 g/mol. The van der Waals surface area contributed by atoms with Crippen molar-refractivity contribution < 1.29 is 35.9 Å². The average Bonchev–Trinajstić information content (AvgIpc) is 3.22. The third-order valence-electron chi connectivity index (χ3n) is 9.85. The molecule has 0 unspecified atom stereocenters. The second kappa shape index (κ2) is 18.2. The Balaban J connectivity index is 1.07. The predicted octanol–water partition coefficient (Wildman–Crippen LogP) is 9.35. The molecule has 6 rings (SSSR count). The molecule has 9 nitrogen and oxygen atoms in total. The number of rotatable bonds is 13. The summed E-state index contributed by atoms with van der Waals surface area (Å²) in [7, 11) is -4.66. The summed E-state index contributed by atoms with van der Waals surface area (Å²) in [6.07, 6.45) is -4.85. The summed E-state index contributed by atoms with van der Waals surface area (Å²) in [4.78, 5) is 31.2. The third kappa shape index (κ3) is 11.0. The molecule has 14 heteroatoms. The average molecular weight is 845 g/mol. The van der Waals surface area contributed by atoms with Gasteiger partial charge in [-0.05, 0) is 108 Å². The van der Waals surface area contributed by atoms with Crippen LogP contribution in [0, 0.1) is 0 Å². The number of piperazine rings is 1. The van der Waals surface area contributed by atoms with Crippen LogP contribution in [0.2, 0.25) is 0 Å². The van der Waals surface area contributed by atoms with Gasteiger partial charge in [0.2, 0.25) is 0 Å². The number of carbonyl (C=O) groups excluding carboxylic acids is 2. The molecule has 2 N–H and O–H groups in total. The van der Waals surface area contributed by atoms with E-state index in [1.165, 1.54) is 23.9 Å². The molecule has 310 valence electrons. The van der Waals surface area contributed by atoms with Gasteiger partial charge in [-0.15, -0.1) is 11.8 Å². The first-order valence-corrected chi connectivity index (χ1v) is 21.7. The van der Waals surface area contributed by atoms with E-state index in [1.807, 2.05) is 83.3 Å². The fourth-order valence-corrected chi connectivity index (χ4v) is 8.44. The van der Waals surface area contributed by atoms with Gasteiger partial charge in [-0.2, -0.15) is 13.2 Å². The molecule has 0 aromatic heterocycles. The molecule has 5 aromatic rings. The summed E-state index contributed by atoms with van der Waals surface area (Å²) in [5, 5.41) is 2.75. The fraction of sp³-hybridized carbons (Fsp3) is 0.289. The van der Waals surface area contributed by atoms with Gasteiger partial charge < -0.3 is 19.9 Å². The second-order valence-corrected chi connectivity index (χ2v) is 17.9. The van der Waals surface area contributed by atoms with Crippen LogP contribution in [-0.4, -0.2) is 70.2 Å². The minimum atomic E-state index is -4.85. The first kappa shape index (κ1) is 43.1. The number of thioether (sulfide) groups is 1. The summed E-state index contributed by atoms with van der Waals surface area (Å²) in [5.74, 6) is 0.183. The van der Waals surface area contributed by atoms with E-state index >= 15 is 0 Å². The Bertz CT molecular complexity index is 2380. The van der Waals surface area contributed by atoms with Crippen molar-refractivity contribution in [3.05, 3.63) is 138 Å². The van der Waals surface area contributed by atoms with E-state index in [0.717, 1.165) is 45.2 Å². The molecule has 0 atom stereocenters. The predicted molar refractivity (Wildman–Crippen MR) is 228 cm³/mol. The number of halogens is 3. The van der Waals surface area contributed by atoms with Crippen LogP contribution >= 0.6 is 11.8 Å². The summed E-state index contributed by atoms with van der Waals surface area (Å²) in [6, 6.07) is 32.1. The Morgan fingerprint density at radius 2 is 1.49 bits per heavy atom. The van der Waals surface area contributed by atoms with Crippen LogP contribution in [0.4, 0.5) is 24.5 Å². The molecule has 1 saturated heterocycles. The van der Waals surface area contributed by atoms with E-state index in [0.29, 0.717) is 50.2 Å². The smallest absolute Gasteiger partial charge is 0.418 e. The number of anilines is 2. The van der Waals surface area contributed by atoms with Crippen molar-refractivity contribution in [2.75, 3.05) is 55.3 Å². The highest BCUT2D eigenvalue weighted by atomic mass is 32.2. The molecule has 1 heterocycles. The van der Waals surface area contributed by atoms with Gasteiger partial charge in [0.1, 0.15) is 5.75 Å². The van der Waals surface area contributed by atoms with Crippen molar-refractivity contribution in [2.45, 2.75) is 49.1 Å². The van der Waals surface area contributed by atoms with Crippen LogP contribution in [0.25, 0.3) is 11.1 Å². The first-order chi connectivity index (χ1) is 28.0. The standard InChI is InChI=1S/C45H47F3N4O5S2/c1-5-57-37-11-9-10-32(29-37)33-26-34(28-35(27-33)44(2,3)4)43(54)52-23-21-51(22-24-52)36-16-14-31(15-17-36)42(53)50-59(55,56)39-18-19-41(40(30-39)45(46,47)48)49-20-25-58-38-12-7-6-8-13-38/h6-19,26-30,49H,5,20-25H2,1-4H3,(H,50,53). The lowest BCUT2D eigenvalue weighted by Crippen LogP contribution is -2.48. The van der Waals surface area contributed by atoms with E-state index in [-0.39, 0.29) is 29.1 Å². The number of nitrogens with one attached hydrogen (secondary N) is 2. The number of ether oxygens (including phenoxy) is 1. The van der Waals surface area contributed by atoms with E-state index in [1.54, 1.807) is 12.1 Å². The third-order valence-corrected chi connectivity index (χ3v) is 12.2. The van der Waals surface area contributed by atoms with E-state index < -0.39 is 32.6 Å². The van der Waals surface area contributed by atoms with Gasteiger partial charge >= 0.3 is 6.18 Å². The Kier molecular flexibility index (Phi) is 13.3. The molecule has 5 aromatic carbocycles. The molecule has 0 saturated carbocycles. The number of sulfonamides is 1. The number of carbonyl (C=O) groups is 2. The van der Waals surface area contributed by atoms with Gasteiger partial charge in [-0.1, -0.05) is 57.2 Å². The maximum Gasteiger partial charge on any atom is 0.418 e. The largest absolute Gasteiger partial charge is 0.494 e. The van der Waals surface area contributed by atoms with Gasteiger partial charge in [-0.25, -0.2) is 13.1 Å². The zero-order chi connectivity index (χ0) is 42.4. The zero-order valence-corrected chi connectivity index (χ0v) is 34.9. The summed E-state index contributed by atoms with van der Waals surface area (Å²) < 4.78 is 76.1. The second-order valence-electron chi connectivity index (χ2n) is 15.1. The topological polar surface area (TPSA) is 108 Å². The van der Waals surface area contributed by atoms with Gasteiger partial charge in [0.05, 0.1) is 17.1 Å². The van der Waals surface area contributed by atoms with E-state index in [4.69, 9.17) is 4.74 Å². The number of hydrogen-bond acceptors (Lipinski definition) is 8. The SMILES string of the molecule is CCOc1cccc(-c2cc(C(=O)N3CCN(c4ccc(C(=O)NS(=O)(=O)c5ccc(NCCSc6ccccc6)c(C(F)(F)F)c5)cc4)CC3)cc(C(C)(C)C)c2)c1. The lowest BCUT2D eigenvalue weighted by Gasteiger charge is -2.36. The molecular formula is C45H47F3N4O5S2. The zero-order valence-electron chi connectivity index (χ0n) is 33.3. The fourth-order valence-electron chi connectivity index (χ4n) is 6.65. The molecular weight excluding hydrogens is 798 g/mol. The van der Waals surface area contributed by atoms with E-state index in [2.05, 4.69) is 37.1 Å². The molecule has 0 aliphatic carbocycles. The highest BCUT2D eigenvalue weighted by Crippen LogP contribution is 2.37. The van der Waals surface area contributed by atoms with Crippen molar-refractivity contribution in [2.24, 2.45) is 0 Å². The van der Waals surface area contributed by atoms with Crippen molar-refractivity contribution in [3.63, 3.8) is 0 Å². The lowest BCUT2D eigenvalue weighted by molar-refractivity contribution is -0.137. The Hall–Kier alpha value is -5.47. The number of hydrogen-bond donors (Lipinski definition) is 2. The number of alkyl halides is 3. The highest BCUT2D eigenvalue weighted by Gasteiger charge is 2.35. The maximum absolute atomic E-state index is 14.1. The van der Waals surface area contributed by atoms with Crippen molar-refractivity contribution in [1.29, 1.82) is 0 Å². The van der Waals surface area contributed by atoms with Crippen LogP contribution in [0.5, 0.6) is 5.75 Å². The van der Waals surface area contributed by atoms with Crippen LogP contribution in [0.15, 0.2) is 125 Å². The van der Waals surface area contributed by atoms with Crippen molar-refractivity contribution in [1.82, 2.24) is 9.62 Å². The lowest BCUT2D eigenvalue weighted by atomic mass is 9.84. The van der Waals surface area contributed by atoms with Gasteiger partial charge in [0.15, 0.2) is 0 Å². The van der Waals surface area contributed by atoms with Crippen LogP contribution in [0.1, 0.15) is 59.5 Å². The molecule has 59 heavy (non-hydrogen) atoms. The van der Waals surface area contributed by atoms with Gasteiger partial charge in [0.25, 0.3) is 21.8 Å². The molecule has 1 aliphatic heterocycles. The summed E-state index contributed by atoms with van der Waals surface area (Å²) in [5.41, 5.74) is 2.69. The summed E-state index contributed by atoms with van der Waals surface area (Å²) >= 11 is 1.47. The Morgan fingerprint density at radius 3 is 2.15 bits per heavy atom. The van der Waals surface area contributed by atoms with Crippen molar-refractivity contribution in [3.8, 4) is 16.9 Å². The normalized spacial score (nSPS) is 13.5. The highest BCUT2D eigenvalue weighted by molar-refractivity contribution is 7.99. The molecule has 2 amide bonds. The minimum Gasteiger partial charge on any atom is -0.494 e. The molecule has 1 fully saturated rings. The quantitative estimate of drug-likeness (QED) is 0.0893. The molecule has 0 bridgehead atoms.